The Kier molecular flexibility index (Phi) is 4.48. The molecule has 0 saturated heterocycles. The van der Waals surface area contributed by atoms with Crippen molar-refractivity contribution in [3.05, 3.63) is 29.3 Å². The Bertz CT molecular complexity index is 550. The van der Waals surface area contributed by atoms with Crippen LogP contribution in [-0.4, -0.2) is 36.3 Å². The van der Waals surface area contributed by atoms with E-state index in [0.717, 1.165) is 29.8 Å². The number of benzene rings is 1. The van der Waals surface area contributed by atoms with Crippen molar-refractivity contribution in [1.29, 1.82) is 0 Å². The van der Waals surface area contributed by atoms with Gasteiger partial charge in [0, 0.05) is 30.3 Å². The summed E-state index contributed by atoms with van der Waals surface area (Å²) in [4.78, 5) is 2.61. The monoisotopic (exact) mass is 285 g/mol. The molecule has 3 nitrogen and oxygen atoms in total. The van der Waals surface area contributed by atoms with Crippen LogP contribution in [0.1, 0.15) is 36.8 Å². The Balaban J connectivity index is 1.77. The summed E-state index contributed by atoms with van der Waals surface area (Å²) in [5.74, 6) is 7.54. The third kappa shape index (κ3) is 4.00. The quantitative estimate of drug-likeness (QED) is 0.815. The number of rotatable bonds is 6. The minimum absolute atomic E-state index is 0.1000. The van der Waals surface area contributed by atoms with E-state index in [1.807, 2.05) is 12.1 Å². The zero-order valence-electron chi connectivity index (χ0n) is 12.6. The van der Waals surface area contributed by atoms with Crippen LogP contribution in [0.3, 0.4) is 0 Å². The first-order valence-corrected chi connectivity index (χ1v) is 7.81. The summed E-state index contributed by atoms with van der Waals surface area (Å²) in [5, 5.41) is 8.82. The molecule has 3 rings (SSSR count). The summed E-state index contributed by atoms with van der Waals surface area (Å²) in [6, 6.07) is 6.80. The average molecular weight is 285 g/mol. The predicted molar refractivity (Wildman–Crippen MR) is 83.1 cm³/mol. The number of hydrogen-bond donors (Lipinski definition) is 1. The Morgan fingerprint density at radius 3 is 2.71 bits per heavy atom. The lowest BCUT2D eigenvalue weighted by Gasteiger charge is -2.23. The molecule has 0 bridgehead atoms. The maximum atomic E-state index is 8.82. The Hall–Kier alpha value is -1.50. The maximum absolute atomic E-state index is 8.82. The van der Waals surface area contributed by atoms with Gasteiger partial charge in [0.25, 0.3) is 0 Å². The number of ether oxygens (including phenoxy) is 1. The van der Waals surface area contributed by atoms with Crippen molar-refractivity contribution in [2.75, 3.05) is 20.3 Å². The molecule has 21 heavy (non-hydrogen) atoms. The third-order valence-corrected chi connectivity index (χ3v) is 4.22. The van der Waals surface area contributed by atoms with Gasteiger partial charge in [0.1, 0.15) is 12.4 Å². The highest BCUT2D eigenvalue weighted by Crippen LogP contribution is 2.36. The largest absolute Gasteiger partial charge is 0.496 e. The van der Waals surface area contributed by atoms with Gasteiger partial charge >= 0.3 is 0 Å². The van der Waals surface area contributed by atoms with Crippen LogP contribution in [0, 0.1) is 17.8 Å². The van der Waals surface area contributed by atoms with Crippen LogP contribution in [-0.2, 0) is 6.54 Å². The van der Waals surface area contributed by atoms with Crippen LogP contribution >= 0.6 is 0 Å². The number of hydrogen-bond acceptors (Lipinski definition) is 3. The summed E-state index contributed by atoms with van der Waals surface area (Å²) in [6.07, 6.45) is 5.45. The average Bonchev–Trinajstić information content (AvgIpc) is 3.37. The number of nitrogens with zero attached hydrogens (tertiary/aromatic N) is 1. The first kappa shape index (κ1) is 14.4. The van der Waals surface area contributed by atoms with E-state index in [1.54, 1.807) is 7.11 Å². The van der Waals surface area contributed by atoms with Gasteiger partial charge in [-0.1, -0.05) is 11.8 Å². The second-order valence-corrected chi connectivity index (χ2v) is 6.09. The summed E-state index contributed by atoms with van der Waals surface area (Å²) in [6.45, 7) is 2.07. The van der Waals surface area contributed by atoms with Crippen LogP contribution < -0.4 is 4.74 Å². The minimum atomic E-state index is -0.1000. The zero-order chi connectivity index (χ0) is 14.7. The minimum Gasteiger partial charge on any atom is -0.496 e. The van der Waals surface area contributed by atoms with Gasteiger partial charge in [-0.3, -0.25) is 4.90 Å². The van der Waals surface area contributed by atoms with E-state index < -0.39 is 0 Å². The van der Waals surface area contributed by atoms with Crippen LogP contribution in [0.2, 0.25) is 0 Å². The number of methoxy groups -OCH3 is 1. The van der Waals surface area contributed by atoms with E-state index in [2.05, 4.69) is 22.8 Å². The topological polar surface area (TPSA) is 32.7 Å². The molecule has 0 radical (unpaired) electrons. The molecule has 2 saturated carbocycles. The molecule has 0 aliphatic heterocycles. The van der Waals surface area contributed by atoms with Gasteiger partial charge in [-0.2, -0.15) is 0 Å². The fourth-order valence-electron chi connectivity index (χ4n) is 2.75. The standard InChI is InChI=1S/C18H23NO2/c1-21-18-9-6-14(3-2-10-20)11-16(18)13-19(17-7-8-17)12-15-4-5-15/h6,9,11,15,17,20H,4-5,7-8,10,12-13H2,1H3. The molecule has 0 amide bonds. The van der Waals surface area contributed by atoms with Crippen molar-refractivity contribution in [3.63, 3.8) is 0 Å². The number of aliphatic hydroxyl groups excluding tert-OH is 1. The summed E-state index contributed by atoms with van der Waals surface area (Å²) >= 11 is 0. The highest BCUT2D eigenvalue weighted by molar-refractivity contribution is 5.44. The molecule has 2 aliphatic carbocycles. The molecule has 1 aromatic carbocycles. The van der Waals surface area contributed by atoms with Crippen LogP contribution in [0.25, 0.3) is 0 Å². The van der Waals surface area contributed by atoms with Crippen LogP contribution in [0.5, 0.6) is 5.75 Å². The Morgan fingerprint density at radius 1 is 1.29 bits per heavy atom. The molecule has 0 heterocycles. The highest BCUT2D eigenvalue weighted by atomic mass is 16.5. The second kappa shape index (κ2) is 6.51. The van der Waals surface area contributed by atoms with E-state index in [9.17, 15) is 0 Å². The molecular formula is C18H23NO2. The SMILES string of the molecule is COc1ccc(C#CCO)cc1CN(CC1CC1)C1CC1. The molecule has 0 spiro atoms. The van der Waals surface area contributed by atoms with Gasteiger partial charge in [0.05, 0.1) is 7.11 Å². The molecule has 0 atom stereocenters. The lowest BCUT2D eigenvalue weighted by Crippen LogP contribution is -2.28. The van der Waals surface area contributed by atoms with Crippen molar-refractivity contribution < 1.29 is 9.84 Å². The molecule has 0 unspecified atom stereocenters. The highest BCUT2D eigenvalue weighted by Gasteiger charge is 2.33. The fourth-order valence-corrected chi connectivity index (χ4v) is 2.75. The summed E-state index contributed by atoms with van der Waals surface area (Å²) < 4.78 is 5.50. The lowest BCUT2D eigenvalue weighted by molar-refractivity contribution is 0.240. The fraction of sp³-hybridized carbons (Fsp3) is 0.556. The molecule has 2 aliphatic rings. The molecule has 2 fully saturated rings. The van der Waals surface area contributed by atoms with Gasteiger partial charge < -0.3 is 9.84 Å². The van der Waals surface area contributed by atoms with Gasteiger partial charge in [0.2, 0.25) is 0 Å². The van der Waals surface area contributed by atoms with Crippen LogP contribution in [0.15, 0.2) is 18.2 Å². The van der Waals surface area contributed by atoms with Gasteiger partial charge in [-0.05, 0) is 49.8 Å². The Labute approximate surface area is 126 Å². The van der Waals surface area contributed by atoms with E-state index in [4.69, 9.17) is 9.84 Å². The Morgan fingerprint density at radius 2 is 2.10 bits per heavy atom. The maximum Gasteiger partial charge on any atom is 0.123 e. The van der Waals surface area contributed by atoms with Gasteiger partial charge in [-0.25, -0.2) is 0 Å². The van der Waals surface area contributed by atoms with E-state index >= 15 is 0 Å². The first-order valence-electron chi connectivity index (χ1n) is 7.81. The van der Waals surface area contributed by atoms with Crippen LogP contribution in [0.4, 0.5) is 0 Å². The predicted octanol–water partition coefficient (Wildman–Crippen LogP) is 2.41. The molecule has 0 aromatic heterocycles. The van der Waals surface area contributed by atoms with Gasteiger partial charge in [-0.15, -0.1) is 0 Å². The second-order valence-electron chi connectivity index (χ2n) is 6.09. The molecule has 1 N–H and O–H groups in total. The van der Waals surface area contributed by atoms with Crippen molar-refractivity contribution in [3.8, 4) is 17.6 Å². The molecule has 1 aromatic rings. The van der Waals surface area contributed by atoms with E-state index in [-0.39, 0.29) is 6.61 Å². The molecule has 3 heteroatoms. The zero-order valence-corrected chi connectivity index (χ0v) is 12.6. The van der Waals surface area contributed by atoms with Crippen molar-refractivity contribution in [1.82, 2.24) is 4.90 Å². The van der Waals surface area contributed by atoms with Crippen molar-refractivity contribution >= 4 is 0 Å². The summed E-state index contributed by atoms with van der Waals surface area (Å²) in [7, 11) is 1.72. The number of aliphatic hydroxyl groups is 1. The molecular weight excluding hydrogens is 262 g/mol. The van der Waals surface area contributed by atoms with Gasteiger partial charge in [0.15, 0.2) is 0 Å². The smallest absolute Gasteiger partial charge is 0.123 e. The normalized spacial score (nSPS) is 17.5. The molecule has 112 valence electrons. The first-order chi connectivity index (χ1) is 10.3. The van der Waals surface area contributed by atoms with E-state index in [0.29, 0.717) is 0 Å². The third-order valence-electron chi connectivity index (χ3n) is 4.22. The van der Waals surface area contributed by atoms with Crippen molar-refractivity contribution in [2.24, 2.45) is 5.92 Å². The summed E-state index contributed by atoms with van der Waals surface area (Å²) in [5.41, 5.74) is 2.15. The van der Waals surface area contributed by atoms with E-state index in [1.165, 1.54) is 37.8 Å². The lowest BCUT2D eigenvalue weighted by atomic mass is 10.1. The van der Waals surface area contributed by atoms with Crippen molar-refractivity contribution in [2.45, 2.75) is 38.3 Å².